The molecule has 0 radical (unpaired) electrons. The number of hydrogen-bond acceptors (Lipinski definition) is 5. The van der Waals surface area contributed by atoms with E-state index in [0.717, 1.165) is 19.6 Å². The lowest BCUT2D eigenvalue weighted by atomic mass is 10.1. The van der Waals surface area contributed by atoms with Crippen molar-refractivity contribution in [2.45, 2.75) is 12.6 Å². The van der Waals surface area contributed by atoms with Gasteiger partial charge in [-0.1, -0.05) is 12.1 Å². The molecule has 2 saturated heterocycles. The monoisotopic (exact) mass is 373 g/mol. The quantitative estimate of drug-likeness (QED) is 0.817. The average molecular weight is 373 g/mol. The smallest absolute Gasteiger partial charge is 0.270 e. The first kappa shape index (κ1) is 17.5. The summed E-state index contributed by atoms with van der Waals surface area (Å²) >= 11 is 1.77. The van der Waals surface area contributed by atoms with Crippen molar-refractivity contribution < 1.29 is 9.53 Å². The summed E-state index contributed by atoms with van der Waals surface area (Å²) < 4.78 is 7.46. The molecule has 2 aliphatic rings. The van der Waals surface area contributed by atoms with Crippen molar-refractivity contribution in [3.05, 3.63) is 56.6 Å². The van der Waals surface area contributed by atoms with Crippen LogP contribution in [0.5, 0.6) is 0 Å². The predicted octanol–water partition coefficient (Wildman–Crippen LogP) is 1.42. The van der Waals surface area contributed by atoms with Crippen molar-refractivity contribution in [2.24, 2.45) is 13.0 Å². The molecule has 0 unspecified atom stereocenters. The molecule has 0 spiro atoms. The molecule has 26 heavy (non-hydrogen) atoms. The summed E-state index contributed by atoms with van der Waals surface area (Å²) in [5.41, 5.74) is 0.270. The molecular weight excluding hydrogens is 350 g/mol. The normalized spacial score (nSPS) is 23.7. The van der Waals surface area contributed by atoms with E-state index in [1.54, 1.807) is 30.5 Å². The number of nitrogens with zero attached hydrogens (tertiary/aromatic N) is 3. The van der Waals surface area contributed by atoms with Crippen LogP contribution in [0.15, 0.2) is 40.5 Å². The average Bonchev–Trinajstić information content (AvgIpc) is 3.23. The van der Waals surface area contributed by atoms with Crippen molar-refractivity contribution >= 4 is 17.2 Å². The molecule has 138 valence electrons. The maximum Gasteiger partial charge on any atom is 0.270 e. The number of carbonyl (C=O) groups is 1. The lowest BCUT2D eigenvalue weighted by molar-refractivity contribution is 0.0481. The molecular formula is C19H23N3O3S. The number of pyridine rings is 1. The van der Waals surface area contributed by atoms with Crippen LogP contribution in [0.25, 0.3) is 0 Å². The molecule has 2 aromatic rings. The zero-order valence-corrected chi connectivity index (χ0v) is 15.7. The van der Waals surface area contributed by atoms with E-state index >= 15 is 0 Å². The SMILES string of the molecule is Cn1c(C(=O)N2C[C@@H]3CN(Cc4cccs4)CCO[C@@H]3C2)cccc1=O. The van der Waals surface area contributed by atoms with Gasteiger partial charge in [-0.2, -0.15) is 0 Å². The van der Waals surface area contributed by atoms with Gasteiger partial charge in [0.05, 0.1) is 12.7 Å². The minimum Gasteiger partial charge on any atom is -0.375 e. The third kappa shape index (κ3) is 3.47. The Labute approximate surface area is 156 Å². The van der Waals surface area contributed by atoms with Crippen molar-refractivity contribution in [2.75, 3.05) is 32.8 Å². The number of likely N-dealkylation sites (tertiary alicyclic amines) is 1. The van der Waals surface area contributed by atoms with Crippen LogP contribution >= 0.6 is 11.3 Å². The fraction of sp³-hybridized carbons (Fsp3) is 0.474. The summed E-state index contributed by atoms with van der Waals surface area (Å²) in [5, 5.41) is 2.10. The summed E-state index contributed by atoms with van der Waals surface area (Å²) in [7, 11) is 1.64. The fourth-order valence-electron chi connectivity index (χ4n) is 3.83. The van der Waals surface area contributed by atoms with Crippen LogP contribution in [0.2, 0.25) is 0 Å². The Kier molecular flexibility index (Phi) is 4.93. The van der Waals surface area contributed by atoms with Gasteiger partial charge in [0.2, 0.25) is 0 Å². The van der Waals surface area contributed by atoms with Gasteiger partial charge in [0, 0.05) is 56.6 Å². The first-order valence-corrected chi connectivity index (χ1v) is 9.81. The predicted molar refractivity (Wildman–Crippen MR) is 100 cm³/mol. The van der Waals surface area contributed by atoms with Crippen LogP contribution in [0, 0.1) is 5.92 Å². The maximum atomic E-state index is 12.9. The van der Waals surface area contributed by atoms with Gasteiger partial charge < -0.3 is 14.2 Å². The molecule has 0 aromatic carbocycles. The molecule has 0 saturated carbocycles. The molecule has 0 aliphatic carbocycles. The third-order valence-electron chi connectivity index (χ3n) is 5.26. The lowest BCUT2D eigenvalue weighted by Gasteiger charge is -2.23. The molecule has 2 fully saturated rings. The van der Waals surface area contributed by atoms with E-state index in [1.165, 1.54) is 15.5 Å². The number of fused-ring (bicyclic) bond motifs is 1. The molecule has 2 aromatic heterocycles. The van der Waals surface area contributed by atoms with E-state index in [4.69, 9.17) is 4.74 Å². The number of thiophene rings is 1. The number of ether oxygens (including phenoxy) is 1. The van der Waals surface area contributed by atoms with E-state index in [1.807, 2.05) is 4.90 Å². The van der Waals surface area contributed by atoms with E-state index < -0.39 is 0 Å². The largest absolute Gasteiger partial charge is 0.375 e. The molecule has 6 nitrogen and oxygen atoms in total. The Morgan fingerprint density at radius 3 is 2.92 bits per heavy atom. The van der Waals surface area contributed by atoms with Crippen molar-refractivity contribution in [1.29, 1.82) is 0 Å². The summed E-state index contributed by atoms with van der Waals surface area (Å²) in [6.45, 7) is 4.75. The zero-order chi connectivity index (χ0) is 18.1. The molecule has 0 N–H and O–H groups in total. The second kappa shape index (κ2) is 7.34. The van der Waals surface area contributed by atoms with Crippen LogP contribution in [0.1, 0.15) is 15.4 Å². The highest BCUT2D eigenvalue weighted by atomic mass is 32.1. The molecule has 2 atom stereocenters. The van der Waals surface area contributed by atoms with Crippen LogP contribution in [-0.4, -0.2) is 59.2 Å². The highest BCUT2D eigenvalue weighted by Gasteiger charge is 2.39. The molecule has 0 bridgehead atoms. The van der Waals surface area contributed by atoms with Crippen LogP contribution in [0.4, 0.5) is 0 Å². The molecule has 4 heterocycles. The Morgan fingerprint density at radius 1 is 1.23 bits per heavy atom. The van der Waals surface area contributed by atoms with Crippen LogP contribution in [-0.2, 0) is 18.3 Å². The number of aromatic nitrogens is 1. The molecule has 4 rings (SSSR count). The van der Waals surface area contributed by atoms with Crippen molar-refractivity contribution in [3.63, 3.8) is 0 Å². The zero-order valence-electron chi connectivity index (χ0n) is 14.8. The van der Waals surface area contributed by atoms with Gasteiger partial charge in [-0.25, -0.2) is 0 Å². The van der Waals surface area contributed by atoms with E-state index in [-0.39, 0.29) is 17.6 Å². The Morgan fingerprint density at radius 2 is 2.12 bits per heavy atom. The number of carbonyl (C=O) groups excluding carboxylic acids is 1. The van der Waals surface area contributed by atoms with E-state index in [9.17, 15) is 9.59 Å². The Balaban J connectivity index is 1.45. The van der Waals surface area contributed by atoms with Gasteiger partial charge in [-0.05, 0) is 17.5 Å². The third-order valence-corrected chi connectivity index (χ3v) is 6.13. The van der Waals surface area contributed by atoms with Crippen molar-refractivity contribution in [1.82, 2.24) is 14.4 Å². The number of amides is 1. The van der Waals surface area contributed by atoms with Crippen LogP contribution in [0.3, 0.4) is 0 Å². The highest BCUT2D eigenvalue weighted by molar-refractivity contribution is 7.09. The van der Waals surface area contributed by atoms with Gasteiger partial charge in [-0.3, -0.25) is 14.5 Å². The molecule has 1 amide bonds. The minimum atomic E-state index is -0.164. The number of hydrogen-bond donors (Lipinski definition) is 0. The minimum absolute atomic E-state index is 0.0769. The standard InChI is InChI=1S/C19H23N3O3S/c1-20-16(5-2-6-18(20)23)19(24)22-11-14-10-21(7-8-25-17(14)13-22)12-15-4-3-9-26-15/h2-6,9,14,17H,7-8,10-13H2,1H3/t14-,17+/m0/s1. The Bertz CT molecular complexity index is 833. The molecule has 7 heteroatoms. The van der Waals surface area contributed by atoms with Crippen LogP contribution < -0.4 is 5.56 Å². The summed E-state index contributed by atoms with van der Waals surface area (Å²) in [6, 6.07) is 9.06. The summed E-state index contributed by atoms with van der Waals surface area (Å²) in [4.78, 5) is 30.3. The number of rotatable bonds is 3. The summed E-state index contributed by atoms with van der Waals surface area (Å²) in [6.07, 6.45) is 0.0769. The van der Waals surface area contributed by atoms with Gasteiger partial charge in [-0.15, -0.1) is 11.3 Å². The topological polar surface area (TPSA) is 54.8 Å². The second-order valence-electron chi connectivity index (χ2n) is 7.00. The first-order chi connectivity index (χ1) is 12.6. The highest BCUT2D eigenvalue weighted by Crippen LogP contribution is 2.26. The van der Waals surface area contributed by atoms with Crippen molar-refractivity contribution in [3.8, 4) is 0 Å². The summed E-state index contributed by atoms with van der Waals surface area (Å²) in [5.74, 6) is 0.217. The van der Waals surface area contributed by atoms with Gasteiger partial charge in [0.1, 0.15) is 5.69 Å². The Hall–Kier alpha value is -1.96. The fourth-order valence-corrected chi connectivity index (χ4v) is 4.58. The lowest BCUT2D eigenvalue weighted by Crippen LogP contribution is -2.35. The maximum absolute atomic E-state index is 12.9. The van der Waals surface area contributed by atoms with Gasteiger partial charge in [0.15, 0.2) is 0 Å². The second-order valence-corrected chi connectivity index (χ2v) is 8.03. The van der Waals surface area contributed by atoms with Gasteiger partial charge in [0.25, 0.3) is 11.5 Å². The first-order valence-electron chi connectivity index (χ1n) is 8.93. The molecule has 2 aliphatic heterocycles. The van der Waals surface area contributed by atoms with E-state index in [2.05, 4.69) is 22.4 Å². The van der Waals surface area contributed by atoms with Gasteiger partial charge >= 0.3 is 0 Å². The van der Waals surface area contributed by atoms with E-state index in [0.29, 0.717) is 31.3 Å².